The summed E-state index contributed by atoms with van der Waals surface area (Å²) in [4.78, 5) is 13.3. The average Bonchev–Trinajstić information content (AvgIpc) is 3.44. The van der Waals surface area contributed by atoms with Crippen LogP contribution in [0.2, 0.25) is 5.02 Å². The molecule has 4 aromatic rings. The van der Waals surface area contributed by atoms with E-state index in [4.69, 9.17) is 38.0 Å². The number of rotatable bonds is 12. The molecule has 10 heteroatoms. The zero-order valence-electron chi connectivity index (χ0n) is 22.1. The van der Waals surface area contributed by atoms with Crippen LogP contribution in [0.5, 0.6) is 5.75 Å². The molecule has 2 heterocycles. The molecule has 2 aromatic carbocycles. The molecule has 0 bridgehead atoms. The highest BCUT2D eigenvalue weighted by atomic mass is 35.5. The zero-order valence-corrected chi connectivity index (χ0v) is 24.5. The number of aliphatic hydroxyl groups is 1. The van der Waals surface area contributed by atoms with Gasteiger partial charge < -0.3 is 15.2 Å². The van der Waals surface area contributed by atoms with Crippen molar-refractivity contribution < 1.29 is 9.84 Å². The van der Waals surface area contributed by atoms with Crippen molar-refractivity contribution in [1.29, 1.82) is 5.26 Å². The Morgan fingerprint density at radius 2 is 1.88 bits per heavy atom. The number of aliphatic hydroxyl groups excluding tert-OH is 1. The van der Waals surface area contributed by atoms with E-state index in [1.807, 2.05) is 41.8 Å². The molecule has 0 saturated carbocycles. The first-order chi connectivity index (χ1) is 19.4. The Morgan fingerprint density at radius 1 is 1.15 bits per heavy atom. The SMILES string of the molecule is [C-]#[N+]c1c(NCCC(C)C)nc(SCc2csc(-c3ccc(Cl)cc3)n2)c(C#N)c1-c1ccc(OCCO)cc1. The van der Waals surface area contributed by atoms with Crippen molar-refractivity contribution in [1.82, 2.24) is 9.97 Å². The molecule has 0 radical (unpaired) electrons. The maximum atomic E-state index is 10.3. The number of anilines is 1. The second-order valence-corrected chi connectivity index (χ2v) is 11.5. The molecule has 0 fully saturated rings. The van der Waals surface area contributed by atoms with Gasteiger partial charge >= 0.3 is 0 Å². The lowest BCUT2D eigenvalue weighted by Crippen LogP contribution is -2.08. The predicted octanol–water partition coefficient (Wildman–Crippen LogP) is 8.07. The number of thiazole rings is 1. The quantitative estimate of drug-likeness (QED) is 0.127. The largest absolute Gasteiger partial charge is 0.491 e. The molecule has 2 N–H and O–H groups in total. The summed E-state index contributed by atoms with van der Waals surface area (Å²) in [6.07, 6.45) is 0.917. The first-order valence-electron chi connectivity index (χ1n) is 12.7. The maximum absolute atomic E-state index is 10.3. The summed E-state index contributed by atoms with van der Waals surface area (Å²) in [5.74, 6) is 2.07. The monoisotopic (exact) mass is 589 g/mol. The van der Waals surface area contributed by atoms with Gasteiger partial charge in [-0.3, -0.25) is 0 Å². The molecule has 0 aliphatic carbocycles. The topological polar surface area (TPSA) is 95.4 Å². The van der Waals surface area contributed by atoms with Crippen LogP contribution in [0.25, 0.3) is 26.5 Å². The van der Waals surface area contributed by atoms with E-state index in [1.54, 1.807) is 23.5 Å². The summed E-state index contributed by atoms with van der Waals surface area (Å²) in [7, 11) is 0. The van der Waals surface area contributed by atoms with E-state index >= 15 is 0 Å². The summed E-state index contributed by atoms with van der Waals surface area (Å²) >= 11 is 9.00. The molecule has 0 spiro atoms. The summed E-state index contributed by atoms with van der Waals surface area (Å²) < 4.78 is 5.49. The molecule has 4 rings (SSSR count). The number of hydrogen-bond acceptors (Lipinski definition) is 8. The Morgan fingerprint density at radius 3 is 2.52 bits per heavy atom. The number of ether oxygens (including phenoxy) is 1. The fraction of sp³-hybridized carbons (Fsp3) is 0.267. The van der Waals surface area contributed by atoms with Gasteiger partial charge in [-0.25, -0.2) is 14.8 Å². The van der Waals surface area contributed by atoms with Gasteiger partial charge in [0.2, 0.25) is 5.69 Å². The Balaban J connectivity index is 1.69. The number of nitrogens with zero attached hydrogens (tertiary/aromatic N) is 4. The molecular weight excluding hydrogens is 562 g/mol. The number of nitrogens with one attached hydrogen (secondary N) is 1. The predicted molar refractivity (Wildman–Crippen MR) is 163 cm³/mol. The van der Waals surface area contributed by atoms with Crippen molar-refractivity contribution in [2.45, 2.75) is 31.0 Å². The third-order valence-corrected chi connectivity index (χ3v) is 8.08. The molecule has 2 aromatic heterocycles. The van der Waals surface area contributed by atoms with Gasteiger partial charge in [0, 0.05) is 33.8 Å². The third kappa shape index (κ3) is 7.32. The molecule has 0 atom stereocenters. The van der Waals surface area contributed by atoms with E-state index in [1.165, 1.54) is 11.8 Å². The van der Waals surface area contributed by atoms with Crippen LogP contribution in [0.1, 0.15) is 31.5 Å². The summed E-state index contributed by atoms with van der Waals surface area (Å²) in [6.45, 7) is 13.0. The van der Waals surface area contributed by atoms with Gasteiger partial charge in [0.25, 0.3) is 0 Å². The Labute approximate surface area is 247 Å². The van der Waals surface area contributed by atoms with Crippen LogP contribution in [0, 0.1) is 23.8 Å². The summed E-state index contributed by atoms with van der Waals surface area (Å²) in [5, 5.41) is 26.8. The molecule has 0 unspecified atom stereocenters. The van der Waals surface area contributed by atoms with Gasteiger partial charge in [0.15, 0.2) is 0 Å². The van der Waals surface area contributed by atoms with Crippen molar-refractivity contribution in [3.63, 3.8) is 0 Å². The van der Waals surface area contributed by atoms with E-state index in [0.29, 0.717) is 62.2 Å². The molecule has 40 heavy (non-hydrogen) atoms. The second-order valence-electron chi connectivity index (χ2n) is 9.23. The minimum absolute atomic E-state index is 0.0846. The molecular formula is C30H28ClN5O2S2. The number of halogens is 1. The van der Waals surface area contributed by atoms with E-state index in [9.17, 15) is 5.26 Å². The first kappa shape index (κ1) is 29.4. The summed E-state index contributed by atoms with van der Waals surface area (Å²) in [5.41, 5.74) is 3.79. The average molecular weight is 590 g/mol. The third-order valence-electron chi connectivity index (χ3n) is 5.88. The van der Waals surface area contributed by atoms with Crippen molar-refractivity contribution in [3.05, 3.63) is 81.6 Å². The highest BCUT2D eigenvalue weighted by Gasteiger charge is 2.22. The highest BCUT2D eigenvalue weighted by molar-refractivity contribution is 7.98. The van der Waals surface area contributed by atoms with Gasteiger partial charge in [-0.2, -0.15) is 5.26 Å². The van der Waals surface area contributed by atoms with E-state index in [2.05, 4.69) is 30.1 Å². The minimum atomic E-state index is -0.0846. The fourth-order valence-electron chi connectivity index (χ4n) is 3.88. The number of benzene rings is 2. The van der Waals surface area contributed by atoms with E-state index in [0.717, 1.165) is 22.7 Å². The lowest BCUT2D eigenvalue weighted by molar-refractivity contribution is 0.201. The Bertz CT molecular complexity index is 1520. The van der Waals surface area contributed by atoms with Crippen molar-refractivity contribution in [2.75, 3.05) is 25.1 Å². The molecule has 0 amide bonds. The maximum Gasteiger partial charge on any atom is 0.237 e. The molecule has 7 nitrogen and oxygen atoms in total. The number of hydrogen-bond donors (Lipinski definition) is 2. The van der Waals surface area contributed by atoms with Crippen LogP contribution in [0.3, 0.4) is 0 Å². The zero-order chi connectivity index (χ0) is 28.5. The normalized spacial score (nSPS) is 10.8. The van der Waals surface area contributed by atoms with Gasteiger partial charge in [0.1, 0.15) is 34.3 Å². The van der Waals surface area contributed by atoms with Crippen molar-refractivity contribution in [2.24, 2.45) is 5.92 Å². The molecule has 0 aliphatic rings. The number of pyridine rings is 1. The van der Waals surface area contributed by atoms with Gasteiger partial charge in [-0.15, -0.1) is 11.3 Å². The van der Waals surface area contributed by atoms with E-state index < -0.39 is 0 Å². The number of aromatic nitrogens is 2. The van der Waals surface area contributed by atoms with Gasteiger partial charge in [0.05, 0.1) is 24.4 Å². The lowest BCUT2D eigenvalue weighted by Gasteiger charge is -2.17. The first-order valence-corrected chi connectivity index (χ1v) is 14.9. The highest BCUT2D eigenvalue weighted by Crippen LogP contribution is 2.43. The molecule has 0 aliphatic heterocycles. The second kappa shape index (κ2) is 14.2. The molecule has 0 saturated heterocycles. The summed E-state index contributed by atoms with van der Waals surface area (Å²) in [6, 6.07) is 17.1. The van der Waals surface area contributed by atoms with Crippen molar-refractivity contribution >= 4 is 46.2 Å². The number of nitriles is 1. The van der Waals surface area contributed by atoms with Gasteiger partial charge in [-0.05, 0) is 42.2 Å². The van der Waals surface area contributed by atoms with Crippen LogP contribution in [0.4, 0.5) is 11.5 Å². The van der Waals surface area contributed by atoms with Crippen LogP contribution in [-0.4, -0.2) is 34.8 Å². The van der Waals surface area contributed by atoms with Crippen LogP contribution in [0.15, 0.2) is 58.9 Å². The van der Waals surface area contributed by atoms with Crippen molar-refractivity contribution in [3.8, 4) is 33.5 Å². The van der Waals surface area contributed by atoms with Crippen LogP contribution >= 0.6 is 34.7 Å². The Hall–Kier alpha value is -3.60. The molecule has 204 valence electrons. The smallest absolute Gasteiger partial charge is 0.237 e. The van der Waals surface area contributed by atoms with Gasteiger partial charge in [-0.1, -0.05) is 61.5 Å². The lowest BCUT2D eigenvalue weighted by atomic mass is 9.99. The standard InChI is InChI=1S/C30H28ClN5O2S2/c1-19(2)12-13-34-28-27(33-3)26(20-6-10-24(11-7-20)38-15-14-37)25(16-32)30(36-28)40-18-23-17-39-29(35-23)21-4-8-22(31)9-5-21/h4-11,17,19,37H,12-15,18H2,1-2H3,(H,34,36). The van der Waals surface area contributed by atoms with Crippen LogP contribution < -0.4 is 10.1 Å². The Kier molecular flexibility index (Phi) is 10.4. The minimum Gasteiger partial charge on any atom is -0.491 e. The fourth-order valence-corrected chi connectivity index (χ4v) is 5.81. The van der Waals surface area contributed by atoms with Crippen LogP contribution in [-0.2, 0) is 5.75 Å². The van der Waals surface area contributed by atoms with E-state index in [-0.39, 0.29) is 13.2 Å². The number of thioether (sulfide) groups is 1.